The van der Waals surface area contributed by atoms with E-state index in [1.54, 1.807) is 0 Å². The number of furan rings is 1. The fourth-order valence-electron chi connectivity index (χ4n) is 2.66. The molecule has 1 nitrogen and oxygen atoms in total. The highest BCUT2D eigenvalue weighted by Gasteiger charge is 2.36. The van der Waals surface area contributed by atoms with Gasteiger partial charge in [-0.05, 0) is 17.7 Å². The van der Waals surface area contributed by atoms with Crippen molar-refractivity contribution in [1.29, 1.82) is 0 Å². The third-order valence-corrected chi connectivity index (χ3v) is 5.36. The fraction of sp³-hybridized carbons (Fsp3) is 0.750. The van der Waals surface area contributed by atoms with Crippen molar-refractivity contribution in [2.45, 2.75) is 78.9 Å². The molecule has 0 saturated heterocycles. The molecule has 0 radical (unpaired) electrons. The van der Waals surface area contributed by atoms with Gasteiger partial charge in [-0.3, -0.25) is 0 Å². The molecule has 18 heavy (non-hydrogen) atoms. The van der Waals surface area contributed by atoms with Gasteiger partial charge in [0, 0.05) is 10.8 Å². The van der Waals surface area contributed by atoms with Crippen LogP contribution in [0.5, 0.6) is 0 Å². The second kappa shape index (κ2) is 4.26. The smallest absolute Gasteiger partial charge is 0.112 e. The third-order valence-electron chi connectivity index (χ3n) is 3.26. The highest BCUT2D eigenvalue weighted by atomic mass is 28.3. The van der Waals surface area contributed by atoms with E-state index in [-0.39, 0.29) is 10.8 Å². The Morgan fingerprint density at radius 3 is 1.39 bits per heavy atom. The lowest BCUT2D eigenvalue weighted by Crippen LogP contribution is -2.43. The summed E-state index contributed by atoms with van der Waals surface area (Å²) < 4.78 is 6.34. The standard InChI is InChI=1S/C16H30OSi/c1-11-12(18(8,9)10)14(16(5,6)7)17-13(11)15(2,3)4/h1-10H3. The quantitative estimate of drug-likeness (QED) is 0.670. The maximum Gasteiger partial charge on any atom is 0.112 e. The number of hydrogen-bond acceptors (Lipinski definition) is 1. The van der Waals surface area contributed by atoms with Gasteiger partial charge in [-0.15, -0.1) is 0 Å². The topological polar surface area (TPSA) is 13.1 Å². The molecule has 0 unspecified atom stereocenters. The summed E-state index contributed by atoms with van der Waals surface area (Å²) in [5, 5.41) is 1.53. The summed E-state index contributed by atoms with van der Waals surface area (Å²) in [7, 11) is -1.38. The summed E-state index contributed by atoms with van der Waals surface area (Å²) in [6.07, 6.45) is 0. The van der Waals surface area contributed by atoms with Crippen LogP contribution in [-0.2, 0) is 10.8 Å². The first-order chi connectivity index (χ1) is 7.76. The second-order valence-corrected chi connectivity index (χ2v) is 13.5. The van der Waals surface area contributed by atoms with Gasteiger partial charge in [0.25, 0.3) is 0 Å². The Balaban J connectivity index is 3.63. The summed E-state index contributed by atoms with van der Waals surface area (Å²) in [6, 6.07) is 0. The lowest BCUT2D eigenvalue weighted by atomic mass is 9.90. The van der Waals surface area contributed by atoms with E-state index in [0.29, 0.717) is 0 Å². The average Bonchev–Trinajstić information content (AvgIpc) is 2.39. The molecule has 0 aliphatic rings. The first-order valence-electron chi connectivity index (χ1n) is 6.91. The zero-order chi connectivity index (χ0) is 14.5. The van der Waals surface area contributed by atoms with Crippen molar-refractivity contribution in [2.75, 3.05) is 0 Å². The van der Waals surface area contributed by atoms with Crippen molar-refractivity contribution >= 4 is 13.3 Å². The Labute approximate surface area is 114 Å². The molecule has 0 aromatic carbocycles. The molecule has 0 saturated carbocycles. The van der Waals surface area contributed by atoms with Crippen LogP contribution in [0.1, 0.15) is 58.6 Å². The molecule has 0 spiro atoms. The molecule has 2 heteroatoms. The molecule has 0 aliphatic carbocycles. The summed E-state index contributed by atoms with van der Waals surface area (Å²) in [5.74, 6) is 2.38. The predicted octanol–water partition coefficient (Wildman–Crippen LogP) is 4.73. The average molecular weight is 267 g/mol. The molecule has 0 bridgehead atoms. The fourth-order valence-corrected chi connectivity index (χ4v) is 5.01. The number of hydrogen-bond donors (Lipinski definition) is 0. The predicted molar refractivity (Wildman–Crippen MR) is 83.8 cm³/mol. The van der Waals surface area contributed by atoms with Crippen LogP contribution in [0.2, 0.25) is 19.6 Å². The van der Waals surface area contributed by atoms with Crippen LogP contribution in [0.3, 0.4) is 0 Å². The van der Waals surface area contributed by atoms with E-state index in [4.69, 9.17) is 4.42 Å². The van der Waals surface area contributed by atoms with Crippen LogP contribution in [0.15, 0.2) is 4.42 Å². The van der Waals surface area contributed by atoms with Crippen molar-refractivity contribution < 1.29 is 4.42 Å². The first kappa shape index (κ1) is 15.6. The second-order valence-electron chi connectivity index (χ2n) is 8.51. The maximum atomic E-state index is 6.34. The minimum atomic E-state index is -1.38. The van der Waals surface area contributed by atoms with Crippen molar-refractivity contribution in [3.63, 3.8) is 0 Å². The molecular weight excluding hydrogens is 236 g/mol. The summed E-state index contributed by atoms with van der Waals surface area (Å²) in [5.41, 5.74) is 1.57. The monoisotopic (exact) mass is 266 g/mol. The lowest BCUT2D eigenvalue weighted by molar-refractivity contribution is 0.343. The van der Waals surface area contributed by atoms with Gasteiger partial charge in [0.1, 0.15) is 11.5 Å². The highest BCUT2D eigenvalue weighted by Crippen LogP contribution is 2.34. The lowest BCUT2D eigenvalue weighted by Gasteiger charge is -2.24. The van der Waals surface area contributed by atoms with E-state index in [9.17, 15) is 0 Å². The molecule has 104 valence electrons. The van der Waals surface area contributed by atoms with E-state index in [0.717, 1.165) is 0 Å². The summed E-state index contributed by atoms with van der Waals surface area (Å²) in [4.78, 5) is 0. The molecule has 1 rings (SSSR count). The van der Waals surface area contributed by atoms with Crippen molar-refractivity contribution in [2.24, 2.45) is 0 Å². The minimum Gasteiger partial charge on any atom is -0.465 e. The highest BCUT2D eigenvalue weighted by molar-refractivity contribution is 6.89. The minimum absolute atomic E-state index is 0.0853. The van der Waals surface area contributed by atoms with Gasteiger partial charge in [-0.1, -0.05) is 61.2 Å². The first-order valence-corrected chi connectivity index (χ1v) is 10.4. The van der Waals surface area contributed by atoms with Gasteiger partial charge in [-0.25, -0.2) is 0 Å². The molecule has 1 aromatic rings. The van der Waals surface area contributed by atoms with E-state index in [2.05, 4.69) is 68.1 Å². The Bertz CT molecular complexity index is 433. The molecule has 1 aromatic heterocycles. The number of rotatable bonds is 1. The van der Waals surface area contributed by atoms with Crippen LogP contribution < -0.4 is 5.19 Å². The van der Waals surface area contributed by atoms with Crippen LogP contribution >= 0.6 is 0 Å². The maximum absolute atomic E-state index is 6.34. The SMILES string of the molecule is Cc1c(C(C)(C)C)oc(C(C)(C)C)c1[Si](C)(C)C. The normalized spacial score (nSPS) is 14.1. The Hall–Kier alpha value is -0.503. The van der Waals surface area contributed by atoms with E-state index >= 15 is 0 Å². The van der Waals surface area contributed by atoms with Crippen molar-refractivity contribution in [3.05, 3.63) is 17.1 Å². The zero-order valence-electron chi connectivity index (χ0n) is 13.9. The zero-order valence-corrected chi connectivity index (χ0v) is 14.9. The third kappa shape index (κ3) is 2.90. The van der Waals surface area contributed by atoms with E-state index in [1.807, 2.05) is 0 Å². The summed E-state index contributed by atoms with van der Waals surface area (Å²) >= 11 is 0. The van der Waals surface area contributed by atoms with Gasteiger partial charge >= 0.3 is 0 Å². The Morgan fingerprint density at radius 2 is 1.17 bits per heavy atom. The Morgan fingerprint density at radius 1 is 0.778 bits per heavy atom. The largest absolute Gasteiger partial charge is 0.465 e. The van der Waals surface area contributed by atoms with Gasteiger partial charge < -0.3 is 4.42 Å². The van der Waals surface area contributed by atoms with Crippen LogP contribution in [0.25, 0.3) is 0 Å². The van der Waals surface area contributed by atoms with Gasteiger partial charge in [-0.2, -0.15) is 0 Å². The summed E-state index contributed by atoms with van der Waals surface area (Å²) in [6.45, 7) is 22.9. The molecule has 0 atom stereocenters. The molecule has 0 aliphatic heterocycles. The van der Waals surface area contributed by atoms with Crippen LogP contribution in [0, 0.1) is 6.92 Å². The van der Waals surface area contributed by atoms with Crippen LogP contribution in [-0.4, -0.2) is 8.07 Å². The Kier molecular flexibility index (Phi) is 3.68. The van der Waals surface area contributed by atoms with Crippen LogP contribution in [0.4, 0.5) is 0 Å². The van der Waals surface area contributed by atoms with Gasteiger partial charge in [0.15, 0.2) is 0 Å². The van der Waals surface area contributed by atoms with Crippen molar-refractivity contribution in [1.82, 2.24) is 0 Å². The van der Waals surface area contributed by atoms with Gasteiger partial charge in [0.2, 0.25) is 0 Å². The molecule has 0 fully saturated rings. The van der Waals surface area contributed by atoms with Gasteiger partial charge in [0.05, 0.1) is 8.07 Å². The molecule has 0 amide bonds. The molecule has 0 N–H and O–H groups in total. The molecular formula is C16H30OSi. The van der Waals surface area contributed by atoms with Crippen molar-refractivity contribution in [3.8, 4) is 0 Å². The van der Waals surface area contributed by atoms with E-state index < -0.39 is 8.07 Å². The van der Waals surface area contributed by atoms with E-state index in [1.165, 1.54) is 22.3 Å². The molecule has 1 heterocycles.